The molecule has 94 valence electrons. The molecule has 0 unspecified atom stereocenters. The van der Waals surface area contributed by atoms with Crippen LogP contribution in [0.25, 0.3) is 0 Å². The van der Waals surface area contributed by atoms with E-state index >= 15 is 0 Å². The zero-order chi connectivity index (χ0) is 13.1. The molecule has 2 N–H and O–H groups in total. The fourth-order valence-electron chi connectivity index (χ4n) is 0.909. The summed E-state index contributed by atoms with van der Waals surface area (Å²) in [4.78, 5) is 22.6. The van der Waals surface area contributed by atoms with Gasteiger partial charge in [0.05, 0.1) is 0 Å². The van der Waals surface area contributed by atoms with E-state index in [4.69, 9.17) is 9.15 Å². The lowest BCUT2D eigenvalue weighted by Crippen LogP contribution is -2.44. The van der Waals surface area contributed by atoms with Gasteiger partial charge in [0.1, 0.15) is 5.60 Å². The van der Waals surface area contributed by atoms with Crippen LogP contribution in [0, 0.1) is 0 Å². The quantitative estimate of drug-likeness (QED) is 0.780. The van der Waals surface area contributed by atoms with Gasteiger partial charge in [-0.3, -0.25) is 10.2 Å². The Bertz CT molecular complexity index is 422. The third-order valence-electron chi connectivity index (χ3n) is 1.47. The molecule has 6 nitrogen and oxygen atoms in total. The van der Waals surface area contributed by atoms with Gasteiger partial charge >= 0.3 is 12.0 Å². The molecule has 7 heteroatoms. The van der Waals surface area contributed by atoms with Crippen LogP contribution in [0.4, 0.5) is 4.79 Å². The summed E-state index contributed by atoms with van der Waals surface area (Å²) in [5.74, 6) is -0.491. The first-order valence-electron chi connectivity index (χ1n) is 4.82. The van der Waals surface area contributed by atoms with E-state index in [0.29, 0.717) is 4.67 Å². The summed E-state index contributed by atoms with van der Waals surface area (Å²) in [6, 6.07) is 3.04. The third-order valence-corrected chi connectivity index (χ3v) is 1.90. The molecule has 0 aromatic carbocycles. The van der Waals surface area contributed by atoms with E-state index in [-0.39, 0.29) is 5.76 Å². The molecule has 0 radical (unpaired) electrons. The molecule has 0 saturated heterocycles. The maximum Gasteiger partial charge on any atom is 0.426 e. The molecule has 0 spiro atoms. The lowest BCUT2D eigenvalue weighted by Gasteiger charge is -2.19. The molecule has 1 rings (SSSR count). The average molecular weight is 305 g/mol. The molecule has 1 heterocycles. The number of halogens is 1. The highest BCUT2D eigenvalue weighted by molar-refractivity contribution is 9.10. The van der Waals surface area contributed by atoms with E-state index in [1.807, 2.05) is 0 Å². The minimum atomic E-state index is -0.739. The number of nitrogens with one attached hydrogen (secondary N) is 2. The van der Waals surface area contributed by atoms with Gasteiger partial charge in [0, 0.05) is 0 Å². The van der Waals surface area contributed by atoms with E-state index in [2.05, 4.69) is 26.8 Å². The molecule has 0 aliphatic heterocycles. The Morgan fingerprint density at radius 3 is 2.41 bits per heavy atom. The molecule has 0 fully saturated rings. The predicted molar refractivity (Wildman–Crippen MR) is 63.2 cm³/mol. The van der Waals surface area contributed by atoms with E-state index in [0.717, 1.165) is 0 Å². The van der Waals surface area contributed by atoms with Crippen molar-refractivity contribution in [3.05, 3.63) is 22.6 Å². The van der Waals surface area contributed by atoms with Gasteiger partial charge in [0.15, 0.2) is 10.4 Å². The highest BCUT2D eigenvalue weighted by Crippen LogP contribution is 2.13. The van der Waals surface area contributed by atoms with Crippen molar-refractivity contribution in [1.82, 2.24) is 10.9 Å². The van der Waals surface area contributed by atoms with Gasteiger partial charge in [-0.1, -0.05) is 0 Å². The van der Waals surface area contributed by atoms with Gasteiger partial charge in [-0.05, 0) is 48.8 Å². The van der Waals surface area contributed by atoms with Crippen LogP contribution in [0.3, 0.4) is 0 Å². The monoisotopic (exact) mass is 304 g/mol. The van der Waals surface area contributed by atoms with Gasteiger partial charge in [-0.2, -0.15) is 0 Å². The molecule has 1 aromatic heterocycles. The summed E-state index contributed by atoms with van der Waals surface area (Å²) in [6.45, 7) is 5.16. The van der Waals surface area contributed by atoms with Crippen molar-refractivity contribution in [3.8, 4) is 0 Å². The molecule has 0 saturated carbocycles. The van der Waals surface area contributed by atoms with Crippen LogP contribution in [0.1, 0.15) is 31.3 Å². The number of carbonyl (C=O) groups excluding carboxylic acids is 2. The van der Waals surface area contributed by atoms with Gasteiger partial charge in [0.2, 0.25) is 0 Å². The highest BCUT2D eigenvalue weighted by Gasteiger charge is 2.17. The largest absolute Gasteiger partial charge is 0.444 e. The van der Waals surface area contributed by atoms with Crippen LogP contribution in [0.2, 0.25) is 0 Å². The second kappa shape index (κ2) is 5.22. The number of hydrazine groups is 1. The SMILES string of the molecule is CC(C)(C)OC(=O)NNC(=O)c1ccc(Br)o1. The van der Waals surface area contributed by atoms with Gasteiger partial charge in [-0.15, -0.1) is 0 Å². The third kappa shape index (κ3) is 4.90. The smallest absolute Gasteiger partial charge is 0.426 e. The number of ether oxygens (including phenoxy) is 1. The number of rotatable bonds is 1. The maximum absolute atomic E-state index is 11.4. The molecule has 0 bridgehead atoms. The number of carbonyl (C=O) groups is 2. The minimum Gasteiger partial charge on any atom is -0.444 e. The zero-order valence-electron chi connectivity index (χ0n) is 9.67. The first kappa shape index (κ1) is 13.6. The standard InChI is InChI=1S/C10H13BrN2O4/c1-10(2,3)17-9(15)13-12-8(14)6-4-5-7(11)16-6/h4-5H,1-3H3,(H,12,14)(H,13,15). The summed E-state index contributed by atoms with van der Waals surface area (Å²) in [5.41, 5.74) is 3.64. The van der Waals surface area contributed by atoms with E-state index in [9.17, 15) is 9.59 Å². The Hall–Kier alpha value is -1.50. The Morgan fingerprint density at radius 2 is 1.94 bits per heavy atom. The Kier molecular flexibility index (Phi) is 4.17. The van der Waals surface area contributed by atoms with Crippen LogP contribution in [0.5, 0.6) is 0 Å². The van der Waals surface area contributed by atoms with Gasteiger partial charge < -0.3 is 9.15 Å². The first-order valence-corrected chi connectivity index (χ1v) is 5.62. The average Bonchev–Trinajstić information content (AvgIpc) is 2.58. The van der Waals surface area contributed by atoms with Crippen molar-refractivity contribution in [3.63, 3.8) is 0 Å². The van der Waals surface area contributed by atoms with Crippen molar-refractivity contribution in [1.29, 1.82) is 0 Å². The summed E-state index contributed by atoms with van der Waals surface area (Å²) in [7, 11) is 0. The summed E-state index contributed by atoms with van der Waals surface area (Å²) in [6.07, 6.45) is -0.739. The minimum absolute atomic E-state index is 0.0768. The lowest BCUT2D eigenvalue weighted by atomic mass is 10.2. The molecule has 0 atom stereocenters. The fourth-order valence-corrected chi connectivity index (χ4v) is 1.22. The van der Waals surface area contributed by atoms with Crippen LogP contribution >= 0.6 is 15.9 Å². The summed E-state index contributed by atoms with van der Waals surface area (Å²) in [5, 5.41) is 0. The molecular weight excluding hydrogens is 292 g/mol. The fraction of sp³-hybridized carbons (Fsp3) is 0.400. The molecule has 1 aromatic rings. The molecular formula is C10H13BrN2O4. The van der Waals surface area contributed by atoms with Gasteiger partial charge in [0.25, 0.3) is 0 Å². The highest BCUT2D eigenvalue weighted by atomic mass is 79.9. The van der Waals surface area contributed by atoms with E-state index < -0.39 is 17.6 Å². The Balaban J connectivity index is 2.41. The normalized spacial score (nSPS) is 10.8. The van der Waals surface area contributed by atoms with Crippen molar-refractivity contribution in [2.45, 2.75) is 26.4 Å². The number of furan rings is 1. The Morgan fingerprint density at radius 1 is 1.29 bits per heavy atom. The predicted octanol–water partition coefficient (Wildman–Crippen LogP) is 2.21. The number of hydrogen-bond donors (Lipinski definition) is 2. The zero-order valence-corrected chi connectivity index (χ0v) is 11.3. The molecule has 0 aliphatic rings. The Labute approximate surface area is 107 Å². The summed E-state index contributed by atoms with van der Waals surface area (Å²) >= 11 is 3.06. The first-order chi connectivity index (χ1) is 7.78. The maximum atomic E-state index is 11.4. The summed E-state index contributed by atoms with van der Waals surface area (Å²) < 4.78 is 10.3. The van der Waals surface area contributed by atoms with Crippen molar-refractivity contribution in [2.24, 2.45) is 0 Å². The van der Waals surface area contributed by atoms with Crippen LogP contribution < -0.4 is 10.9 Å². The van der Waals surface area contributed by atoms with Crippen LogP contribution in [0.15, 0.2) is 21.2 Å². The van der Waals surface area contributed by atoms with Crippen LogP contribution in [-0.2, 0) is 4.74 Å². The van der Waals surface area contributed by atoms with E-state index in [1.54, 1.807) is 26.8 Å². The van der Waals surface area contributed by atoms with Crippen molar-refractivity contribution >= 4 is 27.9 Å². The molecule has 17 heavy (non-hydrogen) atoms. The van der Waals surface area contributed by atoms with Gasteiger partial charge in [-0.25, -0.2) is 10.2 Å². The van der Waals surface area contributed by atoms with Crippen LogP contribution in [-0.4, -0.2) is 17.6 Å². The topological polar surface area (TPSA) is 80.6 Å². The van der Waals surface area contributed by atoms with E-state index in [1.165, 1.54) is 6.07 Å². The second-order valence-electron chi connectivity index (χ2n) is 4.18. The van der Waals surface area contributed by atoms with Crippen molar-refractivity contribution in [2.75, 3.05) is 0 Å². The lowest BCUT2D eigenvalue weighted by molar-refractivity contribution is 0.0481. The second-order valence-corrected chi connectivity index (χ2v) is 4.97. The number of amides is 2. The molecule has 2 amide bonds. The molecule has 0 aliphatic carbocycles. The number of hydrogen-bond acceptors (Lipinski definition) is 4. The van der Waals surface area contributed by atoms with Crippen molar-refractivity contribution < 1.29 is 18.7 Å².